The smallest absolute Gasteiger partial charge is 0.407 e. The second kappa shape index (κ2) is 15.4. The average molecular weight is 635 g/mol. The summed E-state index contributed by atoms with van der Waals surface area (Å²) in [6.07, 6.45) is 0.538. The lowest BCUT2D eigenvalue weighted by atomic mass is 9.84. The number of nitrogens with one attached hydrogen (secondary N) is 4. The Morgan fingerprint density at radius 3 is 2.32 bits per heavy atom. The zero-order valence-corrected chi connectivity index (χ0v) is 26.1. The molecule has 0 radical (unpaired) electrons. The number of rotatable bonds is 12. The van der Waals surface area contributed by atoms with Crippen LogP contribution in [-0.4, -0.2) is 72.5 Å². The number of anilines is 1. The molecule has 1 aliphatic heterocycles. The molecule has 0 bridgehead atoms. The number of carbonyl (C=O) groups is 2. The largest absolute Gasteiger partial charge is 0.488 e. The number of alkyl carbamates (subject to hydrolysis) is 1. The van der Waals surface area contributed by atoms with Crippen molar-refractivity contribution in [2.24, 2.45) is 0 Å². The predicted octanol–water partition coefficient (Wildman–Crippen LogP) is 4.82. The molecule has 6 rings (SSSR count). The van der Waals surface area contributed by atoms with E-state index in [-0.39, 0.29) is 18.1 Å². The van der Waals surface area contributed by atoms with E-state index in [0.29, 0.717) is 43.1 Å². The van der Waals surface area contributed by atoms with E-state index in [0.717, 1.165) is 28.6 Å². The minimum absolute atomic E-state index is 0.0433. The van der Waals surface area contributed by atoms with Crippen LogP contribution < -0.4 is 20.7 Å². The molecule has 0 saturated carbocycles. The number of benzene rings is 4. The standard InChI is InChI=1S/C36H38N6O5/c1-45-36(44)39-34(32(25-12-4-2-5-13-25)26-14-6-3-7-15-26)35(43)38-29-16-9-8-11-24(29)19-20-27-21-37-22-28(47-27)23-46-31-18-10-17-30-33(31)41-42-40-30/h2-18,27-28,32,34,37H,19-23H2,1H3,(H,38,43)(H,39,44)(H,40,41,42)/t27-,28+,34+/m1/s1. The van der Waals surface area contributed by atoms with Gasteiger partial charge in [-0.3, -0.25) is 4.79 Å². The van der Waals surface area contributed by atoms with Crippen LogP contribution in [0.1, 0.15) is 29.0 Å². The fourth-order valence-corrected chi connectivity index (χ4v) is 5.95. The highest BCUT2D eigenvalue weighted by atomic mass is 16.5. The summed E-state index contributed by atoms with van der Waals surface area (Å²) in [5.41, 5.74) is 4.86. The first-order valence-corrected chi connectivity index (χ1v) is 15.7. The van der Waals surface area contributed by atoms with E-state index in [1.165, 1.54) is 7.11 Å². The molecule has 0 aliphatic carbocycles. The molecular formula is C36H38N6O5. The summed E-state index contributed by atoms with van der Waals surface area (Å²) in [5.74, 6) is -0.148. The van der Waals surface area contributed by atoms with Gasteiger partial charge in [-0.2, -0.15) is 15.4 Å². The lowest BCUT2D eigenvalue weighted by molar-refractivity contribution is -0.118. The number of fused-ring (bicyclic) bond motifs is 1. The molecule has 2 amide bonds. The molecule has 47 heavy (non-hydrogen) atoms. The Balaban J connectivity index is 1.13. The third-order valence-electron chi connectivity index (χ3n) is 8.27. The molecule has 242 valence electrons. The van der Waals surface area contributed by atoms with Crippen LogP contribution in [0.2, 0.25) is 0 Å². The summed E-state index contributed by atoms with van der Waals surface area (Å²) in [4.78, 5) is 26.6. The van der Waals surface area contributed by atoms with Crippen molar-refractivity contribution in [3.05, 3.63) is 120 Å². The number of hydrogen-bond acceptors (Lipinski definition) is 8. The van der Waals surface area contributed by atoms with Gasteiger partial charge in [0, 0.05) is 24.7 Å². The van der Waals surface area contributed by atoms with E-state index in [4.69, 9.17) is 14.2 Å². The van der Waals surface area contributed by atoms with Gasteiger partial charge in [-0.15, -0.1) is 0 Å². The lowest BCUT2D eigenvalue weighted by Gasteiger charge is -2.31. The van der Waals surface area contributed by atoms with Gasteiger partial charge >= 0.3 is 6.09 Å². The predicted molar refractivity (Wildman–Crippen MR) is 178 cm³/mol. The molecule has 0 unspecified atom stereocenters. The number of carbonyl (C=O) groups excluding carboxylic acids is 2. The first kappa shape index (κ1) is 31.7. The maximum Gasteiger partial charge on any atom is 0.407 e. The van der Waals surface area contributed by atoms with Crippen LogP contribution in [0.25, 0.3) is 11.0 Å². The van der Waals surface area contributed by atoms with Gasteiger partial charge in [0.2, 0.25) is 5.91 Å². The van der Waals surface area contributed by atoms with E-state index in [1.807, 2.05) is 103 Å². The number of hydrogen-bond donors (Lipinski definition) is 4. The molecule has 4 aromatic carbocycles. The zero-order chi connectivity index (χ0) is 32.4. The second-order valence-corrected chi connectivity index (χ2v) is 11.4. The van der Waals surface area contributed by atoms with Crippen molar-refractivity contribution in [1.29, 1.82) is 0 Å². The van der Waals surface area contributed by atoms with Crippen molar-refractivity contribution in [2.75, 3.05) is 32.1 Å². The molecule has 3 atom stereocenters. The molecule has 1 aliphatic rings. The molecule has 1 saturated heterocycles. The SMILES string of the molecule is COC(=O)N[C@H](C(=O)Nc1ccccc1CC[C@@H]1CNC[C@@H](COc2cccc3n[nH]nc23)O1)C(c1ccccc1)c1ccccc1. The Labute approximate surface area is 273 Å². The van der Waals surface area contributed by atoms with Gasteiger partial charge in [0.25, 0.3) is 0 Å². The molecule has 1 aromatic heterocycles. The van der Waals surface area contributed by atoms with Gasteiger partial charge in [-0.25, -0.2) is 4.79 Å². The minimum atomic E-state index is -0.949. The highest BCUT2D eigenvalue weighted by Gasteiger charge is 2.33. The van der Waals surface area contributed by atoms with Crippen molar-refractivity contribution >= 4 is 28.7 Å². The molecule has 0 spiro atoms. The molecule has 11 nitrogen and oxygen atoms in total. The average Bonchev–Trinajstić information content (AvgIpc) is 3.61. The quantitative estimate of drug-likeness (QED) is 0.153. The summed E-state index contributed by atoms with van der Waals surface area (Å²) in [7, 11) is 1.29. The Bertz CT molecular complexity index is 1730. The summed E-state index contributed by atoms with van der Waals surface area (Å²) < 4.78 is 17.4. The summed E-state index contributed by atoms with van der Waals surface area (Å²) in [5, 5.41) is 20.3. The third-order valence-corrected chi connectivity index (χ3v) is 8.27. The number of nitrogens with zero attached hydrogens (tertiary/aromatic N) is 2. The molecule has 4 N–H and O–H groups in total. The monoisotopic (exact) mass is 634 g/mol. The fourth-order valence-electron chi connectivity index (χ4n) is 5.95. The Morgan fingerprint density at radius 2 is 1.57 bits per heavy atom. The van der Waals surface area contributed by atoms with Crippen molar-refractivity contribution in [3.63, 3.8) is 0 Å². The number of amides is 2. The topological polar surface area (TPSA) is 139 Å². The van der Waals surface area contributed by atoms with E-state index >= 15 is 0 Å². The van der Waals surface area contributed by atoms with E-state index in [1.54, 1.807) is 0 Å². The molecule has 5 aromatic rings. The van der Waals surface area contributed by atoms with Crippen molar-refractivity contribution in [1.82, 2.24) is 26.0 Å². The maximum atomic E-state index is 14.1. The molecule has 1 fully saturated rings. The van der Waals surface area contributed by atoms with Gasteiger partial charge < -0.3 is 30.2 Å². The Kier molecular flexibility index (Phi) is 10.4. The number of H-pyrrole nitrogens is 1. The highest BCUT2D eigenvalue weighted by molar-refractivity contribution is 5.98. The molecular weight excluding hydrogens is 596 g/mol. The van der Waals surface area contributed by atoms with E-state index in [9.17, 15) is 9.59 Å². The Hall–Kier alpha value is -5.26. The first-order valence-electron chi connectivity index (χ1n) is 15.7. The van der Waals surface area contributed by atoms with Crippen LogP contribution in [-0.2, 0) is 20.7 Å². The number of ether oxygens (including phenoxy) is 3. The number of morpholine rings is 1. The summed E-state index contributed by atoms with van der Waals surface area (Å²) in [6, 6.07) is 31.7. The van der Waals surface area contributed by atoms with E-state index in [2.05, 4.69) is 31.4 Å². The molecule has 2 heterocycles. The lowest BCUT2D eigenvalue weighted by Crippen LogP contribution is -2.48. The minimum Gasteiger partial charge on any atom is -0.488 e. The second-order valence-electron chi connectivity index (χ2n) is 11.4. The number of aryl methyl sites for hydroxylation is 1. The maximum absolute atomic E-state index is 14.1. The van der Waals surface area contributed by atoms with Crippen molar-refractivity contribution < 1.29 is 23.8 Å². The first-order chi connectivity index (χ1) is 23.1. The van der Waals surface area contributed by atoms with Crippen LogP contribution in [0.3, 0.4) is 0 Å². The molecule has 11 heteroatoms. The van der Waals surface area contributed by atoms with Crippen LogP contribution in [0.5, 0.6) is 5.75 Å². The van der Waals surface area contributed by atoms with E-state index < -0.39 is 18.1 Å². The number of aromatic amines is 1. The number of methoxy groups -OCH3 is 1. The van der Waals surface area contributed by atoms with Gasteiger partial charge in [0.1, 0.15) is 30.0 Å². The van der Waals surface area contributed by atoms with Crippen molar-refractivity contribution in [3.8, 4) is 5.75 Å². The Morgan fingerprint density at radius 1 is 0.872 bits per heavy atom. The van der Waals surface area contributed by atoms with Crippen molar-refractivity contribution in [2.45, 2.75) is 37.0 Å². The summed E-state index contributed by atoms with van der Waals surface area (Å²) in [6.45, 7) is 1.77. The van der Waals surface area contributed by atoms with Crippen LogP contribution in [0.4, 0.5) is 10.5 Å². The number of para-hydroxylation sites is 2. The fraction of sp³-hybridized carbons (Fsp3) is 0.278. The van der Waals surface area contributed by atoms with Gasteiger partial charge in [0.15, 0.2) is 5.52 Å². The third kappa shape index (κ3) is 7.94. The zero-order valence-electron chi connectivity index (χ0n) is 26.1. The van der Waals surface area contributed by atoms with Gasteiger partial charge in [-0.1, -0.05) is 84.9 Å². The highest BCUT2D eigenvalue weighted by Crippen LogP contribution is 2.30. The van der Waals surface area contributed by atoms with Crippen LogP contribution in [0.15, 0.2) is 103 Å². The van der Waals surface area contributed by atoms with Gasteiger partial charge in [0.05, 0.1) is 13.2 Å². The van der Waals surface area contributed by atoms with Crippen LogP contribution >= 0.6 is 0 Å². The van der Waals surface area contributed by atoms with Gasteiger partial charge in [-0.05, 0) is 47.7 Å². The summed E-state index contributed by atoms with van der Waals surface area (Å²) >= 11 is 0. The normalized spacial score (nSPS) is 16.8. The van der Waals surface area contributed by atoms with Crippen LogP contribution in [0, 0.1) is 0 Å². The number of aromatic nitrogens is 3.